The summed E-state index contributed by atoms with van der Waals surface area (Å²) in [6.07, 6.45) is 3.88. The molecule has 0 bridgehead atoms. The highest BCUT2D eigenvalue weighted by atomic mass is 79.9. The summed E-state index contributed by atoms with van der Waals surface area (Å²) in [6, 6.07) is 1.90. The molecule has 0 saturated heterocycles. The maximum absolute atomic E-state index is 12.4. The lowest BCUT2D eigenvalue weighted by atomic mass is 9.85. The Morgan fingerprint density at radius 2 is 2.24 bits per heavy atom. The smallest absolute Gasteiger partial charge is 0.255 e. The van der Waals surface area contributed by atoms with E-state index in [0.717, 1.165) is 32.1 Å². The van der Waals surface area contributed by atoms with Gasteiger partial charge >= 0.3 is 0 Å². The zero-order chi connectivity index (χ0) is 12.4. The molecule has 0 aromatic carbocycles. The van der Waals surface area contributed by atoms with E-state index in [1.54, 1.807) is 11.3 Å². The second-order valence-electron chi connectivity index (χ2n) is 4.38. The Kier molecular flexibility index (Phi) is 4.66. The van der Waals surface area contributed by atoms with E-state index in [-0.39, 0.29) is 5.91 Å². The highest BCUT2D eigenvalue weighted by Crippen LogP contribution is 2.33. The zero-order valence-corrected chi connectivity index (χ0v) is 13.7. The fourth-order valence-corrected chi connectivity index (χ4v) is 4.78. The standard InChI is InChI=1S/C12H15Br2NOS/c1-2-15(7-8-4-3-5-8)12(16)9-6-10(13)17-11(9)14/h6,8H,2-5,7H2,1H3. The molecule has 2 rings (SSSR count). The minimum atomic E-state index is 0.147. The first kappa shape index (κ1) is 13.6. The van der Waals surface area contributed by atoms with Crippen molar-refractivity contribution in [2.24, 2.45) is 5.92 Å². The molecule has 17 heavy (non-hydrogen) atoms. The minimum absolute atomic E-state index is 0.147. The first-order valence-corrected chi connectivity index (χ1v) is 8.26. The van der Waals surface area contributed by atoms with Crippen LogP contribution in [0.1, 0.15) is 36.5 Å². The summed E-state index contributed by atoms with van der Waals surface area (Å²) >= 11 is 8.42. The van der Waals surface area contributed by atoms with E-state index in [0.29, 0.717) is 0 Å². The van der Waals surface area contributed by atoms with Crippen LogP contribution in [-0.2, 0) is 0 Å². The predicted molar refractivity (Wildman–Crippen MR) is 78.6 cm³/mol. The average molecular weight is 381 g/mol. The molecule has 1 aromatic rings. The largest absolute Gasteiger partial charge is 0.339 e. The highest BCUT2D eigenvalue weighted by Gasteiger charge is 2.25. The van der Waals surface area contributed by atoms with Gasteiger partial charge in [-0.2, -0.15) is 0 Å². The van der Waals surface area contributed by atoms with Crippen LogP contribution in [0.5, 0.6) is 0 Å². The maximum Gasteiger partial charge on any atom is 0.255 e. The Hall–Kier alpha value is 0.130. The third kappa shape index (κ3) is 3.12. The highest BCUT2D eigenvalue weighted by molar-refractivity contribution is 9.12. The van der Waals surface area contributed by atoms with Crippen LogP contribution < -0.4 is 0 Å². The van der Waals surface area contributed by atoms with Crippen LogP contribution in [-0.4, -0.2) is 23.9 Å². The third-order valence-corrected chi connectivity index (χ3v) is 5.60. The lowest BCUT2D eigenvalue weighted by Gasteiger charge is -2.31. The van der Waals surface area contributed by atoms with Crippen LogP contribution in [0.3, 0.4) is 0 Å². The number of thiophene rings is 1. The van der Waals surface area contributed by atoms with Crippen molar-refractivity contribution >= 4 is 49.1 Å². The fourth-order valence-electron chi connectivity index (χ4n) is 2.00. The number of hydrogen-bond acceptors (Lipinski definition) is 2. The number of nitrogens with zero attached hydrogens (tertiary/aromatic N) is 1. The van der Waals surface area contributed by atoms with Crippen LogP contribution in [0.4, 0.5) is 0 Å². The molecule has 5 heteroatoms. The van der Waals surface area contributed by atoms with Crippen molar-refractivity contribution in [1.29, 1.82) is 0 Å². The second-order valence-corrected chi connectivity index (χ2v) is 8.13. The Labute approximate surface area is 123 Å². The van der Waals surface area contributed by atoms with Gasteiger partial charge in [-0.15, -0.1) is 11.3 Å². The SMILES string of the molecule is CCN(CC1CCC1)C(=O)c1cc(Br)sc1Br. The average Bonchev–Trinajstić information content (AvgIpc) is 2.56. The summed E-state index contributed by atoms with van der Waals surface area (Å²) in [7, 11) is 0. The lowest BCUT2D eigenvalue weighted by Crippen LogP contribution is -2.37. The van der Waals surface area contributed by atoms with E-state index in [4.69, 9.17) is 0 Å². The van der Waals surface area contributed by atoms with E-state index >= 15 is 0 Å². The molecule has 1 saturated carbocycles. The molecule has 1 aromatic heterocycles. The molecule has 0 spiro atoms. The number of hydrogen-bond donors (Lipinski definition) is 0. The normalized spacial score (nSPS) is 15.7. The summed E-state index contributed by atoms with van der Waals surface area (Å²) < 4.78 is 1.91. The van der Waals surface area contributed by atoms with Gasteiger partial charge in [0.15, 0.2) is 0 Å². The van der Waals surface area contributed by atoms with Crippen molar-refractivity contribution in [3.63, 3.8) is 0 Å². The van der Waals surface area contributed by atoms with Gasteiger partial charge in [0.05, 0.1) is 13.1 Å². The number of halogens is 2. The van der Waals surface area contributed by atoms with Crippen molar-refractivity contribution < 1.29 is 4.79 Å². The molecule has 1 aliphatic carbocycles. The quantitative estimate of drug-likeness (QED) is 0.750. The van der Waals surface area contributed by atoms with Gasteiger partial charge in [0.25, 0.3) is 5.91 Å². The Morgan fingerprint density at radius 3 is 2.65 bits per heavy atom. The summed E-state index contributed by atoms with van der Waals surface area (Å²) in [5.74, 6) is 0.868. The molecule has 0 N–H and O–H groups in total. The molecule has 94 valence electrons. The van der Waals surface area contributed by atoms with Crippen molar-refractivity contribution in [2.45, 2.75) is 26.2 Å². The van der Waals surface area contributed by atoms with Gasteiger partial charge in [0, 0.05) is 13.1 Å². The van der Waals surface area contributed by atoms with Gasteiger partial charge < -0.3 is 4.90 Å². The molecule has 0 aliphatic heterocycles. The Morgan fingerprint density at radius 1 is 1.53 bits per heavy atom. The number of carbonyl (C=O) groups is 1. The number of rotatable bonds is 4. The number of carbonyl (C=O) groups excluding carboxylic acids is 1. The van der Waals surface area contributed by atoms with Gasteiger partial charge in [-0.25, -0.2) is 0 Å². The topological polar surface area (TPSA) is 20.3 Å². The van der Waals surface area contributed by atoms with Crippen LogP contribution in [0.2, 0.25) is 0 Å². The van der Waals surface area contributed by atoms with Crippen molar-refractivity contribution in [2.75, 3.05) is 13.1 Å². The predicted octanol–water partition coefficient (Wildman–Crippen LogP) is 4.54. The molecule has 0 atom stereocenters. The molecule has 2 nitrogen and oxygen atoms in total. The van der Waals surface area contributed by atoms with Crippen LogP contribution in [0.25, 0.3) is 0 Å². The maximum atomic E-state index is 12.4. The van der Waals surface area contributed by atoms with Crippen molar-refractivity contribution in [1.82, 2.24) is 4.90 Å². The van der Waals surface area contributed by atoms with Gasteiger partial charge in [0.1, 0.15) is 0 Å². The number of amides is 1. The molecule has 0 radical (unpaired) electrons. The van der Waals surface area contributed by atoms with E-state index < -0.39 is 0 Å². The lowest BCUT2D eigenvalue weighted by molar-refractivity contribution is 0.0706. The summed E-state index contributed by atoms with van der Waals surface area (Å²) in [5, 5.41) is 0. The minimum Gasteiger partial charge on any atom is -0.339 e. The monoisotopic (exact) mass is 379 g/mol. The third-order valence-electron chi connectivity index (χ3n) is 3.26. The first-order valence-electron chi connectivity index (χ1n) is 5.86. The molecular weight excluding hydrogens is 366 g/mol. The summed E-state index contributed by atoms with van der Waals surface area (Å²) in [4.78, 5) is 14.3. The van der Waals surface area contributed by atoms with Gasteiger partial charge in [-0.05, 0) is 63.6 Å². The molecule has 1 heterocycles. The van der Waals surface area contributed by atoms with Crippen molar-refractivity contribution in [3.05, 3.63) is 19.2 Å². The van der Waals surface area contributed by atoms with Gasteiger partial charge in [0.2, 0.25) is 0 Å². The van der Waals surface area contributed by atoms with Crippen LogP contribution in [0, 0.1) is 5.92 Å². The van der Waals surface area contributed by atoms with E-state index in [1.165, 1.54) is 19.3 Å². The van der Waals surface area contributed by atoms with Crippen LogP contribution in [0.15, 0.2) is 13.6 Å². The Balaban J connectivity index is 2.07. The zero-order valence-electron chi connectivity index (χ0n) is 9.71. The summed E-state index contributed by atoms with van der Waals surface area (Å²) in [5.41, 5.74) is 0.781. The molecule has 1 amide bonds. The van der Waals surface area contributed by atoms with Gasteiger partial charge in [-0.3, -0.25) is 4.79 Å². The second kappa shape index (κ2) is 5.85. The van der Waals surface area contributed by atoms with E-state index in [1.807, 2.05) is 17.9 Å². The van der Waals surface area contributed by atoms with E-state index in [9.17, 15) is 4.79 Å². The summed E-state index contributed by atoms with van der Waals surface area (Å²) in [6.45, 7) is 3.75. The molecular formula is C12H15Br2NOS. The molecule has 0 unspecified atom stereocenters. The first-order chi connectivity index (χ1) is 8.11. The fraction of sp³-hybridized carbons (Fsp3) is 0.583. The van der Waals surface area contributed by atoms with E-state index in [2.05, 4.69) is 31.9 Å². The Bertz CT molecular complexity index is 415. The molecule has 1 fully saturated rings. The van der Waals surface area contributed by atoms with Crippen LogP contribution >= 0.6 is 43.2 Å². The van der Waals surface area contributed by atoms with Gasteiger partial charge in [-0.1, -0.05) is 6.42 Å². The van der Waals surface area contributed by atoms with Crippen molar-refractivity contribution in [3.8, 4) is 0 Å². The molecule has 1 aliphatic rings.